The fourth-order valence-electron chi connectivity index (χ4n) is 1.77. The van der Waals surface area contributed by atoms with Gasteiger partial charge in [-0.25, -0.2) is 0 Å². The molecule has 18 heavy (non-hydrogen) atoms. The van der Waals surface area contributed by atoms with E-state index in [1.54, 1.807) is 0 Å². The van der Waals surface area contributed by atoms with Gasteiger partial charge in [0.1, 0.15) is 0 Å². The Kier molecular flexibility index (Phi) is 5.82. The third kappa shape index (κ3) is 4.85. The van der Waals surface area contributed by atoms with Gasteiger partial charge in [-0.1, -0.05) is 12.1 Å². The van der Waals surface area contributed by atoms with Crippen LogP contribution in [0.3, 0.4) is 0 Å². The standard InChI is InChI=1S/C14H23N3O/c1-11-5-4-6-13(9-11)16-14(18)10-17(3)12(2)7-8-15/h4-6,9,12H,7-8,10,15H2,1-3H3,(H,16,18). The molecule has 0 fully saturated rings. The second-order valence-corrected chi connectivity index (χ2v) is 4.76. The predicted molar refractivity (Wildman–Crippen MR) is 75.6 cm³/mol. The summed E-state index contributed by atoms with van der Waals surface area (Å²) in [5, 5.41) is 2.90. The highest BCUT2D eigenvalue weighted by Crippen LogP contribution is 2.09. The Morgan fingerprint density at radius 2 is 2.22 bits per heavy atom. The van der Waals surface area contributed by atoms with E-state index in [-0.39, 0.29) is 5.91 Å². The molecule has 0 radical (unpaired) electrons. The Bertz CT molecular complexity index is 392. The van der Waals surface area contributed by atoms with Gasteiger partial charge in [0, 0.05) is 11.7 Å². The van der Waals surface area contributed by atoms with Gasteiger partial charge < -0.3 is 11.1 Å². The topological polar surface area (TPSA) is 58.4 Å². The zero-order valence-electron chi connectivity index (χ0n) is 11.4. The summed E-state index contributed by atoms with van der Waals surface area (Å²) in [7, 11) is 1.94. The zero-order chi connectivity index (χ0) is 13.5. The van der Waals surface area contributed by atoms with Crippen molar-refractivity contribution in [2.45, 2.75) is 26.3 Å². The van der Waals surface area contributed by atoms with Crippen LogP contribution in [0, 0.1) is 6.92 Å². The maximum absolute atomic E-state index is 11.9. The second kappa shape index (κ2) is 7.13. The molecule has 3 N–H and O–H groups in total. The van der Waals surface area contributed by atoms with Crippen LogP contribution in [0.15, 0.2) is 24.3 Å². The molecule has 0 aromatic heterocycles. The number of anilines is 1. The lowest BCUT2D eigenvalue weighted by Gasteiger charge is -2.23. The summed E-state index contributed by atoms with van der Waals surface area (Å²) in [5.74, 6) is 0.00646. The summed E-state index contributed by atoms with van der Waals surface area (Å²) in [6.07, 6.45) is 0.897. The molecule has 100 valence electrons. The van der Waals surface area contributed by atoms with Crippen molar-refractivity contribution in [3.63, 3.8) is 0 Å². The molecule has 1 atom stereocenters. The summed E-state index contributed by atoms with van der Waals surface area (Å²) in [6, 6.07) is 8.12. The molecule has 1 aromatic carbocycles. The van der Waals surface area contributed by atoms with Crippen molar-refractivity contribution in [3.05, 3.63) is 29.8 Å². The number of nitrogens with two attached hydrogens (primary N) is 1. The van der Waals surface area contributed by atoms with E-state index in [1.807, 2.05) is 43.1 Å². The molecule has 0 aliphatic heterocycles. The van der Waals surface area contributed by atoms with Crippen molar-refractivity contribution in [3.8, 4) is 0 Å². The number of amides is 1. The minimum atomic E-state index is 0.00646. The van der Waals surface area contributed by atoms with Crippen molar-refractivity contribution < 1.29 is 4.79 Å². The van der Waals surface area contributed by atoms with Crippen LogP contribution in [0.1, 0.15) is 18.9 Å². The van der Waals surface area contributed by atoms with Crippen LogP contribution in [0.25, 0.3) is 0 Å². The number of nitrogens with zero attached hydrogens (tertiary/aromatic N) is 1. The summed E-state index contributed by atoms with van der Waals surface area (Å²) >= 11 is 0. The van der Waals surface area contributed by atoms with E-state index in [1.165, 1.54) is 0 Å². The number of nitrogens with one attached hydrogen (secondary N) is 1. The van der Waals surface area contributed by atoms with Crippen molar-refractivity contribution in [1.82, 2.24) is 4.90 Å². The monoisotopic (exact) mass is 249 g/mol. The van der Waals surface area contributed by atoms with Crippen molar-refractivity contribution in [1.29, 1.82) is 0 Å². The van der Waals surface area contributed by atoms with E-state index in [0.717, 1.165) is 17.7 Å². The number of carbonyl (C=O) groups is 1. The van der Waals surface area contributed by atoms with Crippen LogP contribution in [0.4, 0.5) is 5.69 Å². The van der Waals surface area contributed by atoms with Gasteiger partial charge in [-0.2, -0.15) is 0 Å². The van der Waals surface area contributed by atoms with Crippen LogP contribution in [-0.2, 0) is 4.79 Å². The zero-order valence-corrected chi connectivity index (χ0v) is 11.4. The summed E-state index contributed by atoms with van der Waals surface area (Å²) in [4.78, 5) is 13.9. The number of carbonyl (C=O) groups excluding carboxylic acids is 1. The lowest BCUT2D eigenvalue weighted by Crippen LogP contribution is -2.37. The number of hydrogen-bond acceptors (Lipinski definition) is 3. The fourth-order valence-corrected chi connectivity index (χ4v) is 1.77. The molecular formula is C14H23N3O. The quantitative estimate of drug-likeness (QED) is 0.805. The average molecular weight is 249 g/mol. The minimum absolute atomic E-state index is 0.00646. The lowest BCUT2D eigenvalue weighted by atomic mass is 10.2. The summed E-state index contributed by atoms with van der Waals surface area (Å²) in [6.45, 7) is 5.11. The van der Waals surface area contributed by atoms with E-state index in [9.17, 15) is 4.79 Å². The molecule has 4 heteroatoms. The van der Waals surface area contributed by atoms with Gasteiger partial charge in [0.05, 0.1) is 6.54 Å². The third-order valence-corrected chi connectivity index (χ3v) is 3.03. The molecule has 0 aliphatic rings. The molecule has 0 aliphatic carbocycles. The number of benzene rings is 1. The largest absolute Gasteiger partial charge is 0.330 e. The molecular weight excluding hydrogens is 226 g/mol. The molecule has 0 saturated carbocycles. The van der Waals surface area contributed by atoms with Crippen molar-refractivity contribution in [2.75, 3.05) is 25.5 Å². The summed E-state index contributed by atoms with van der Waals surface area (Å²) in [5.41, 5.74) is 7.49. The Morgan fingerprint density at radius 1 is 1.50 bits per heavy atom. The van der Waals surface area contributed by atoms with Crippen LogP contribution < -0.4 is 11.1 Å². The number of rotatable bonds is 6. The van der Waals surface area contributed by atoms with Gasteiger partial charge in [0.25, 0.3) is 0 Å². The first kappa shape index (κ1) is 14.7. The highest BCUT2D eigenvalue weighted by molar-refractivity contribution is 5.92. The van der Waals surface area contributed by atoms with E-state index in [4.69, 9.17) is 5.73 Å². The summed E-state index contributed by atoms with van der Waals surface area (Å²) < 4.78 is 0. The van der Waals surface area contributed by atoms with Crippen molar-refractivity contribution in [2.24, 2.45) is 5.73 Å². The number of hydrogen-bond donors (Lipinski definition) is 2. The second-order valence-electron chi connectivity index (χ2n) is 4.76. The Morgan fingerprint density at radius 3 is 2.83 bits per heavy atom. The van der Waals surface area contributed by atoms with Crippen LogP contribution in [0.5, 0.6) is 0 Å². The average Bonchev–Trinajstić information content (AvgIpc) is 2.28. The Labute approximate surface area is 109 Å². The van der Waals surface area contributed by atoms with E-state index < -0.39 is 0 Å². The molecule has 1 unspecified atom stereocenters. The van der Waals surface area contributed by atoms with E-state index >= 15 is 0 Å². The molecule has 0 saturated heterocycles. The SMILES string of the molecule is Cc1cccc(NC(=O)CN(C)C(C)CCN)c1. The molecule has 1 amide bonds. The predicted octanol–water partition coefficient (Wildman–Crippen LogP) is 1.60. The van der Waals surface area contributed by atoms with Gasteiger partial charge in [0.2, 0.25) is 5.91 Å². The molecule has 1 rings (SSSR count). The number of aryl methyl sites for hydroxylation is 1. The highest BCUT2D eigenvalue weighted by Gasteiger charge is 2.12. The van der Waals surface area contributed by atoms with Gasteiger partial charge in [-0.15, -0.1) is 0 Å². The first-order valence-electron chi connectivity index (χ1n) is 6.29. The third-order valence-electron chi connectivity index (χ3n) is 3.03. The van der Waals surface area contributed by atoms with Gasteiger partial charge >= 0.3 is 0 Å². The van der Waals surface area contributed by atoms with Crippen molar-refractivity contribution >= 4 is 11.6 Å². The van der Waals surface area contributed by atoms with E-state index in [0.29, 0.717) is 19.1 Å². The molecule has 0 bridgehead atoms. The highest BCUT2D eigenvalue weighted by atomic mass is 16.2. The van der Waals surface area contributed by atoms with E-state index in [2.05, 4.69) is 12.2 Å². The molecule has 4 nitrogen and oxygen atoms in total. The number of likely N-dealkylation sites (N-methyl/N-ethyl adjacent to an activating group) is 1. The van der Waals surface area contributed by atoms with Gasteiger partial charge in [-0.05, 0) is 51.6 Å². The van der Waals surface area contributed by atoms with Crippen LogP contribution in [-0.4, -0.2) is 37.0 Å². The Balaban J connectivity index is 2.46. The first-order chi connectivity index (χ1) is 8.52. The molecule has 0 spiro atoms. The minimum Gasteiger partial charge on any atom is -0.330 e. The maximum Gasteiger partial charge on any atom is 0.238 e. The molecule has 0 heterocycles. The van der Waals surface area contributed by atoms with Crippen LogP contribution >= 0.6 is 0 Å². The maximum atomic E-state index is 11.9. The van der Waals surface area contributed by atoms with Crippen LogP contribution in [0.2, 0.25) is 0 Å². The molecule has 1 aromatic rings. The first-order valence-corrected chi connectivity index (χ1v) is 6.29. The smallest absolute Gasteiger partial charge is 0.238 e. The van der Waals surface area contributed by atoms with Gasteiger partial charge in [0.15, 0.2) is 0 Å². The Hall–Kier alpha value is -1.39. The van der Waals surface area contributed by atoms with Gasteiger partial charge in [-0.3, -0.25) is 9.69 Å². The normalized spacial score (nSPS) is 12.5. The fraction of sp³-hybridized carbons (Fsp3) is 0.500. The lowest BCUT2D eigenvalue weighted by molar-refractivity contribution is -0.117.